The Balaban J connectivity index is 1.29. The van der Waals surface area contributed by atoms with E-state index in [1.165, 1.54) is 7.11 Å². The molecule has 3 aliphatic rings. The van der Waals surface area contributed by atoms with Crippen molar-refractivity contribution in [1.82, 2.24) is 24.9 Å². The minimum Gasteiger partial charge on any atom is -0.496 e. The number of hydrogen-bond acceptors (Lipinski definition) is 8. The van der Waals surface area contributed by atoms with Gasteiger partial charge in [-0.15, -0.1) is 0 Å². The maximum atomic E-state index is 13.9. The second kappa shape index (κ2) is 13.8. The van der Waals surface area contributed by atoms with Gasteiger partial charge in [0.2, 0.25) is 5.91 Å². The number of fused-ring (bicyclic) bond motifs is 10. The summed E-state index contributed by atoms with van der Waals surface area (Å²) in [5.74, 6) is 1.20. The molecule has 0 aliphatic carbocycles. The Labute approximate surface area is 276 Å². The van der Waals surface area contributed by atoms with Gasteiger partial charge in [-0.3, -0.25) is 18.8 Å². The number of ether oxygens (including phenoxy) is 4. The number of halogens is 1. The number of pyridine rings is 1. The topological polar surface area (TPSA) is 133 Å². The van der Waals surface area contributed by atoms with Crippen molar-refractivity contribution in [2.24, 2.45) is 0 Å². The first-order chi connectivity index (χ1) is 22.7. The Kier molecular flexibility index (Phi) is 9.39. The molecule has 0 radical (unpaired) electrons. The van der Waals surface area contributed by atoms with Crippen LogP contribution in [0.3, 0.4) is 0 Å². The molecule has 12 nitrogen and oxygen atoms in total. The maximum Gasteiger partial charge on any atom is 0.272 e. The number of nitrogens with zero attached hydrogens (tertiary/aromatic N) is 3. The number of carbonyl (C=O) groups excluding carboxylic acids is 3. The molecule has 0 unspecified atom stereocenters. The van der Waals surface area contributed by atoms with E-state index >= 15 is 0 Å². The number of imidazole rings is 1. The fourth-order valence-corrected chi connectivity index (χ4v) is 6.14. The highest BCUT2D eigenvalue weighted by molar-refractivity contribution is 6.30. The molecule has 2 aromatic heterocycles. The molecule has 246 valence electrons. The number of nitrogens with one attached hydrogen (secondary N) is 2. The number of aromatic nitrogens is 2. The van der Waals surface area contributed by atoms with Gasteiger partial charge in [0.15, 0.2) is 18.1 Å². The lowest BCUT2D eigenvalue weighted by Gasteiger charge is -2.38. The maximum absolute atomic E-state index is 13.9. The van der Waals surface area contributed by atoms with Crippen molar-refractivity contribution in [3.63, 3.8) is 0 Å². The summed E-state index contributed by atoms with van der Waals surface area (Å²) in [5, 5.41) is 6.48. The fourth-order valence-electron chi connectivity index (χ4n) is 5.98. The van der Waals surface area contributed by atoms with Gasteiger partial charge in [-0.05, 0) is 55.3 Å². The van der Waals surface area contributed by atoms with Crippen molar-refractivity contribution >= 4 is 35.0 Å². The minimum atomic E-state index is -0.577. The lowest BCUT2D eigenvalue weighted by Crippen LogP contribution is -2.58. The van der Waals surface area contributed by atoms with Crippen LogP contribution in [0, 0.1) is 6.92 Å². The van der Waals surface area contributed by atoms with Crippen LogP contribution in [0.25, 0.3) is 5.65 Å². The van der Waals surface area contributed by atoms with E-state index in [9.17, 15) is 14.4 Å². The number of amides is 3. The van der Waals surface area contributed by atoms with E-state index in [2.05, 4.69) is 15.6 Å². The first-order valence-electron chi connectivity index (χ1n) is 15.3. The van der Waals surface area contributed by atoms with Gasteiger partial charge in [-0.1, -0.05) is 17.7 Å². The van der Waals surface area contributed by atoms with Gasteiger partial charge in [-0.25, -0.2) is 4.98 Å². The molecule has 13 heteroatoms. The summed E-state index contributed by atoms with van der Waals surface area (Å²) in [6, 6.07) is 13.7. The van der Waals surface area contributed by atoms with Crippen LogP contribution in [0.15, 0.2) is 54.7 Å². The van der Waals surface area contributed by atoms with Crippen LogP contribution in [-0.2, 0) is 22.6 Å². The molecule has 0 spiro atoms. The number of benzene rings is 2. The van der Waals surface area contributed by atoms with E-state index in [0.29, 0.717) is 64.4 Å². The molecule has 4 bridgehead atoms. The van der Waals surface area contributed by atoms with Crippen molar-refractivity contribution in [3.05, 3.63) is 82.3 Å². The summed E-state index contributed by atoms with van der Waals surface area (Å²) >= 11 is 6.25. The molecule has 7 rings (SSSR count). The largest absolute Gasteiger partial charge is 0.496 e. The van der Waals surface area contributed by atoms with Crippen molar-refractivity contribution in [2.45, 2.75) is 44.9 Å². The Morgan fingerprint density at radius 2 is 1.85 bits per heavy atom. The summed E-state index contributed by atoms with van der Waals surface area (Å²) in [6.45, 7) is 2.33. The molecular weight excluding hydrogens is 626 g/mol. The number of likely N-dealkylation sites (tertiary alicyclic amines) is 1. The van der Waals surface area contributed by atoms with Crippen LogP contribution in [0.2, 0.25) is 5.02 Å². The summed E-state index contributed by atoms with van der Waals surface area (Å²) in [5.41, 5.74) is 3.25. The molecule has 3 amide bonds. The first-order valence-corrected chi connectivity index (χ1v) is 15.7. The van der Waals surface area contributed by atoms with E-state index in [0.717, 1.165) is 11.1 Å². The predicted octanol–water partition coefficient (Wildman–Crippen LogP) is 3.73. The second-order valence-corrected chi connectivity index (χ2v) is 12.0. The Morgan fingerprint density at radius 3 is 2.66 bits per heavy atom. The molecular formula is C34H36ClN5O7. The van der Waals surface area contributed by atoms with Crippen LogP contribution in [0.5, 0.6) is 23.0 Å². The van der Waals surface area contributed by atoms with E-state index in [1.807, 2.05) is 12.1 Å². The SMILES string of the molecule is COc1cc2ccc1CNC(=O)CCc1ccc(OC)c(c1)OCC(=O)N[C@@H]1CN(C(=O)c3c(C)nc4ccc(Cl)cn34)CC[C@@H]1O2. The Morgan fingerprint density at radius 1 is 1.02 bits per heavy atom. The molecule has 47 heavy (non-hydrogen) atoms. The second-order valence-electron chi connectivity index (χ2n) is 11.5. The molecule has 0 saturated carbocycles. The van der Waals surface area contributed by atoms with E-state index < -0.39 is 18.1 Å². The zero-order chi connectivity index (χ0) is 33.1. The Hall–Kier alpha value is -4.97. The number of aryl methyl sites for hydroxylation is 2. The first kappa shape index (κ1) is 32.0. The van der Waals surface area contributed by atoms with Crippen molar-refractivity contribution < 1.29 is 33.3 Å². The van der Waals surface area contributed by atoms with Crippen molar-refractivity contribution in [2.75, 3.05) is 33.9 Å². The van der Waals surface area contributed by atoms with Crippen LogP contribution in [-0.4, -0.2) is 78.1 Å². The number of piperidine rings is 1. The number of rotatable bonds is 3. The third-order valence-electron chi connectivity index (χ3n) is 8.39. The van der Waals surface area contributed by atoms with Crippen molar-refractivity contribution in [1.29, 1.82) is 0 Å². The van der Waals surface area contributed by atoms with Gasteiger partial charge < -0.3 is 34.5 Å². The lowest BCUT2D eigenvalue weighted by molar-refractivity contribution is -0.125. The molecule has 1 saturated heterocycles. The van der Waals surface area contributed by atoms with Crippen LogP contribution in [0.4, 0.5) is 0 Å². The van der Waals surface area contributed by atoms with Gasteiger partial charge in [-0.2, -0.15) is 0 Å². The third kappa shape index (κ3) is 7.07. The summed E-state index contributed by atoms with van der Waals surface area (Å²) in [4.78, 5) is 46.2. The zero-order valence-electron chi connectivity index (χ0n) is 26.4. The third-order valence-corrected chi connectivity index (χ3v) is 8.62. The van der Waals surface area contributed by atoms with Gasteiger partial charge in [0.1, 0.15) is 28.9 Å². The summed E-state index contributed by atoms with van der Waals surface area (Å²) < 4.78 is 25.1. The van der Waals surface area contributed by atoms with E-state index in [1.54, 1.807) is 65.9 Å². The van der Waals surface area contributed by atoms with Crippen LogP contribution < -0.4 is 29.6 Å². The molecule has 3 aliphatic heterocycles. The van der Waals surface area contributed by atoms with Gasteiger partial charge in [0.05, 0.1) is 31.0 Å². The molecule has 2 aromatic carbocycles. The van der Waals surface area contributed by atoms with E-state index in [4.69, 9.17) is 30.5 Å². The standard InChI is InChI=1S/C34H36ClN5O7/c1-20-33(40-17-23(35)7-10-30(40)37-20)34(43)39-13-12-26-25(18-39)38-32(42)19-46-29-14-21(4-9-27(29)44-2)5-11-31(41)36-16-22-6-8-24(47-26)15-28(22)45-3/h4,6-10,14-15,17,25-26H,5,11-13,16,18-19H2,1-3H3,(H,36,41)(H,38,42)/t25-,26+/m1/s1. The highest BCUT2D eigenvalue weighted by Crippen LogP contribution is 2.30. The zero-order valence-corrected chi connectivity index (χ0v) is 27.1. The fraction of sp³-hybridized carbons (Fsp3) is 0.353. The number of methoxy groups -OCH3 is 2. The average Bonchev–Trinajstić information content (AvgIpc) is 3.40. The van der Waals surface area contributed by atoms with Gasteiger partial charge in [0, 0.05) is 50.3 Å². The monoisotopic (exact) mass is 661 g/mol. The number of carbonyl (C=O) groups is 3. The molecule has 2 atom stereocenters. The highest BCUT2D eigenvalue weighted by Gasteiger charge is 2.36. The van der Waals surface area contributed by atoms with Crippen molar-refractivity contribution in [3.8, 4) is 23.0 Å². The van der Waals surface area contributed by atoms with Crippen LogP contribution in [0.1, 0.15) is 40.2 Å². The smallest absolute Gasteiger partial charge is 0.272 e. The average molecular weight is 662 g/mol. The van der Waals surface area contributed by atoms with Gasteiger partial charge >= 0.3 is 0 Å². The summed E-state index contributed by atoms with van der Waals surface area (Å²) in [6.07, 6.45) is 2.35. The highest BCUT2D eigenvalue weighted by atomic mass is 35.5. The quantitative estimate of drug-likeness (QED) is 0.340. The molecule has 1 fully saturated rings. The van der Waals surface area contributed by atoms with E-state index in [-0.39, 0.29) is 37.9 Å². The minimum absolute atomic E-state index is 0.116. The summed E-state index contributed by atoms with van der Waals surface area (Å²) in [7, 11) is 3.08. The lowest BCUT2D eigenvalue weighted by atomic mass is 10.0. The van der Waals surface area contributed by atoms with Crippen LogP contribution >= 0.6 is 11.6 Å². The molecule has 4 aromatic rings. The predicted molar refractivity (Wildman–Crippen MR) is 173 cm³/mol. The molecule has 5 heterocycles. The number of hydrogen-bond donors (Lipinski definition) is 2. The Bertz CT molecular complexity index is 1830. The van der Waals surface area contributed by atoms with Gasteiger partial charge in [0.25, 0.3) is 11.8 Å². The normalized spacial score (nSPS) is 18.9. The molecule has 2 N–H and O–H groups in total.